The number of hydrogen-bond acceptors (Lipinski definition) is 4. The number of carbonyl (C=O) groups is 2. The molecule has 2 aromatic carbocycles. The van der Waals surface area contributed by atoms with Crippen molar-refractivity contribution in [3.8, 4) is 0 Å². The maximum Gasteiger partial charge on any atom is 0.305 e. The Labute approximate surface area is 145 Å². The second-order valence-electron chi connectivity index (χ2n) is 4.99. The lowest BCUT2D eigenvalue weighted by atomic mass is 10.0. The van der Waals surface area contributed by atoms with Crippen LogP contribution in [-0.4, -0.2) is 21.9 Å². The number of carbonyl (C=O) groups excluding carboxylic acids is 1. The molecule has 0 unspecified atom stereocenters. The molecule has 1 atom stereocenters. The van der Waals surface area contributed by atoms with E-state index < -0.39 is 22.8 Å². The number of benzene rings is 2. The second-order valence-corrected chi connectivity index (χ2v) is 5.90. The van der Waals surface area contributed by atoms with E-state index in [4.69, 9.17) is 5.11 Å². The third-order valence-electron chi connectivity index (χ3n) is 3.25. The van der Waals surface area contributed by atoms with Crippen LogP contribution < -0.4 is 5.32 Å². The zero-order valence-corrected chi connectivity index (χ0v) is 13.9. The fourth-order valence-corrected chi connectivity index (χ4v) is 2.55. The molecule has 1 amide bonds. The van der Waals surface area contributed by atoms with Gasteiger partial charge >= 0.3 is 5.97 Å². The fourth-order valence-electron chi connectivity index (χ4n) is 2.15. The topological polar surface area (TPSA) is 110 Å². The number of carboxylic acids is 1. The van der Waals surface area contributed by atoms with E-state index in [-0.39, 0.29) is 12.1 Å². The van der Waals surface area contributed by atoms with Crippen molar-refractivity contribution in [2.24, 2.45) is 0 Å². The summed E-state index contributed by atoms with van der Waals surface area (Å²) in [5.41, 5.74) is 0.541. The number of nitrogens with zero attached hydrogens (tertiary/aromatic N) is 1. The highest BCUT2D eigenvalue weighted by atomic mass is 79.9. The van der Waals surface area contributed by atoms with Gasteiger partial charge in [0.05, 0.1) is 17.4 Å². The van der Waals surface area contributed by atoms with E-state index in [9.17, 15) is 19.7 Å². The molecule has 8 heteroatoms. The first-order valence-electron chi connectivity index (χ1n) is 6.89. The number of nitrogens with one attached hydrogen (secondary N) is 1. The number of halogens is 1. The van der Waals surface area contributed by atoms with Gasteiger partial charge < -0.3 is 10.4 Å². The van der Waals surface area contributed by atoms with Gasteiger partial charge in [0.15, 0.2) is 0 Å². The van der Waals surface area contributed by atoms with Crippen molar-refractivity contribution in [2.45, 2.75) is 12.5 Å². The molecule has 0 aliphatic rings. The third kappa shape index (κ3) is 4.63. The summed E-state index contributed by atoms with van der Waals surface area (Å²) in [6, 6.07) is 11.3. The zero-order valence-electron chi connectivity index (χ0n) is 12.3. The lowest BCUT2D eigenvalue weighted by molar-refractivity contribution is -0.384. The fraction of sp³-hybridized carbons (Fsp3) is 0.125. The second kappa shape index (κ2) is 7.69. The van der Waals surface area contributed by atoms with Gasteiger partial charge in [0.1, 0.15) is 0 Å². The first-order valence-corrected chi connectivity index (χ1v) is 7.68. The SMILES string of the molecule is O=C(O)C[C@@H](NC(=O)c1cccc(Br)c1)c1cccc([N+](=O)[O-])c1. The zero-order chi connectivity index (χ0) is 17.7. The molecule has 0 fully saturated rings. The number of nitro groups is 1. The van der Waals surface area contributed by atoms with Gasteiger partial charge in [0, 0.05) is 22.2 Å². The molecule has 0 aliphatic heterocycles. The molecule has 0 aliphatic carbocycles. The average Bonchev–Trinajstić information content (AvgIpc) is 2.54. The van der Waals surface area contributed by atoms with Crippen LogP contribution in [0, 0.1) is 10.1 Å². The van der Waals surface area contributed by atoms with Gasteiger partial charge in [-0.2, -0.15) is 0 Å². The van der Waals surface area contributed by atoms with Gasteiger partial charge in [0.25, 0.3) is 11.6 Å². The largest absolute Gasteiger partial charge is 0.481 e. The van der Waals surface area contributed by atoms with Gasteiger partial charge in [-0.3, -0.25) is 19.7 Å². The highest BCUT2D eigenvalue weighted by Crippen LogP contribution is 2.22. The summed E-state index contributed by atoms with van der Waals surface area (Å²) >= 11 is 3.26. The molecule has 2 rings (SSSR count). The van der Waals surface area contributed by atoms with E-state index in [2.05, 4.69) is 21.2 Å². The van der Waals surface area contributed by atoms with Crippen molar-refractivity contribution in [3.63, 3.8) is 0 Å². The summed E-state index contributed by atoms with van der Waals surface area (Å²) in [6.07, 6.45) is -0.388. The summed E-state index contributed by atoms with van der Waals surface area (Å²) < 4.78 is 0.709. The van der Waals surface area contributed by atoms with Crippen LogP contribution in [0.1, 0.15) is 28.4 Å². The number of hydrogen-bond donors (Lipinski definition) is 2. The Balaban J connectivity index is 2.28. The highest BCUT2D eigenvalue weighted by Gasteiger charge is 2.21. The Morgan fingerprint density at radius 2 is 1.92 bits per heavy atom. The van der Waals surface area contributed by atoms with E-state index >= 15 is 0 Å². The first-order chi connectivity index (χ1) is 11.4. The van der Waals surface area contributed by atoms with Crippen LogP contribution in [-0.2, 0) is 4.79 Å². The van der Waals surface area contributed by atoms with Crippen molar-refractivity contribution in [2.75, 3.05) is 0 Å². The number of nitro benzene ring substituents is 1. The standard InChI is InChI=1S/C16H13BrN2O5/c17-12-5-1-4-11(7-12)16(22)18-14(9-15(20)21)10-3-2-6-13(8-10)19(23)24/h1-8,14H,9H2,(H,18,22)(H,20,21)/t14-/m1/s1. The molecule has 0 spiro atoms. The molecule has 0 radical (unpaired) electrons. The predicted octanol–water partition coefficient (Wildman–Crippen LogP) is 3.30. The molecule has 2 aromatic rings. The van der Waals surface area contributed by atoms with Crippen LogP contribution in [0.2, 0.25) is 0 Å². The Kier molecular flexibility index (Phi) is 5.64. The minimum absolute atomic E-state index is 0.167. The molecule has 0 saturated heterocycles. The number of non-ortho nitro benzene ring substituents is 1. The lowest BCUT2D eigenvalue weighted by Crippen LogP contribution is -2.30. The monoisotopic (exact) mass is 392 g/mol. The van der Waals surface area contributed by atoms with Crippen LogP contribution in [0.4, 0.5) is 5.69 Å². The van der Waals surface area contributed by atoms with Crippen molar-refractivity contribution < 1.29 is 19.6 Å². The Morgan fingerprint density at radius 1 is 1.21 bits per heavy atom. The number of carboxylic acid groups (broad SMARTS) is 1. The molecule has 0 heterocycles. The van der Waals surface area contributed by atoms with Crippen LogP contribution in [0.25, 0.3) is 0 Å². The maximum atomic E-state index is 12.3. The predicted molar refractivity (Wildman–Crippen MR) is 89.7 cm³/mol. The molecular formula is C16H13BrN2O5. The Bertz CT molecular complexity index is 794. The van der Waals surface area contributed by atoms with Gasteiger partial charge in [-0.15, -0.1) is 0 Å². The molecule has 7 nitrogen and oxygen atoms in total. The van der Waals surface area contributed by atoms with E-state index in [0.717, 1.165) is 0 Å². The smallest absolute Gasteiger partial charge is 0.305 e. The van der Waals surface area contributed by atoms with Gasteiger partial charge in [-0.1, -0.05) is 34.1 Å². The summed E-state index contributed by atoms with van der Waals surface area (Å²) in [5, 5.41) is 22.5. The van der Waals surface area contributed by atoms with Crippen LogP contribution >= 0.6 is 15.9 Å². The van der Waals surface area contributed by atoms with Crippen LogP contribution in [0.3, 0.4) is 0 Å². The maximum absolute atomic E-state index is 12.3. The number of aliphatic carboxylic acids is 1. The van der Waals surface area contributed by atoms with Crippen LogP contribution in [0.5, 0.6) is 0 Å². The summed E-state index contributed by atoms with van der Waals surface area (Å²) in [6.45, 7) is 0. The molecule has 0 bridgehead atoms. The van der Waals surface area contributed by atoms with Crippen LogP contribution in [0.15, 0.2) is 53.0 Å². The van der Waals surface area contributed by atoms with E-state index in [0.29, 0.717) is 15.6 Å². The minimum Gasteiger partial charge on any atom is -0.481 e. The number of rotatable bonds is 6. The Hall–Kier alpha value is -2.74. The van der Waals surface area contributed by atoms with E-state index in [1.54, 1.807) is 30.3 Å². The molecule has 2 N–H and O–H groups in total. The summed E-state index contributed by atoms with van der Waals surface area (Å²) in [7, 11) is 0. The quantitative estimate of drug-likeness (QED) is 0.578. The van der Waals surface area contributed by atoms with Gasteiger partial charge in [-0.05, 0) is 23.8 Å². The van der Waals surface area contributed by atoms with Crippen molar-refractivity contribution in [3.05, 3.63) is 74.2 Å². The minimum atomic E-state index is -1.12. The normalized spacial score (nSPS) is 11.5. The Morgan fingerprint density at radius 3 is 2.54 bits per heavy atom. The lowest BCUT2D eigenvalue weighted by Gasteiger charge is -2.17. The van der Waals surface area contributed by atoms with E-state index in [1.165, 1.54) is 18.2 Å². The van der Waals surface area contributed by atoms with Crippen molar-refractivity contribution in [1.29, 1.82) is 0 Å². The average molecular weight is 393 g/mol. The van der Waals surface area contributed by atoms with Crippen molar-refractivity contribution in [1.82, 2.24) is 5.32 Å². The summed E-state index contributed by atoms with van der Waals surface area (Å²) in [5.74, 6) is -1.59. The third-order valence-corrected chi connectivity index (χ3v) is 3.75. The summed E-state index contributed by atoms with van der Waals surface area (Å²) in [4.78, 5) is 33.7. The van der Waals surface area contributed by atoms with Crippen molar-refractivity contribution >= 4 is 33.5 Å². The van der Waals surface area contributed by atoms with E-state index in [1.807, 2.05) is 0 Å². The molecule has 0 saturated carbocycles. The molecule has 0 aromatic heterocycles. The molecular weight excluding hydrogens is 380 g/mol. The number of amides is 1. The molecule has 24 heavy (non-hydrogen) atoms. The first kappa shape index (κ1) is 17.6. The molecule has 124 valence electrons. The van der Waals surface area contributed by atoms with Gasteiger partial charge in [0.2, 0.25) is 0 Å². The van der Waals surface area contributed by atoms with Gasteiger partial charge in [-0.25, -0.2) is 0 Å². The highest BCUT2D eigenvalue weighted by molar-refractivity contribution is 9.10.